The Hall–Kier alpha value is -1.02. The maximum atomic E-state index is 9.77. The number of aliphatic hydroxyl groups excluding tert-OH is 1. The highest BCUT2D eigenvalue weighted by molar-refractivity contribution is 5.39. The first-order valence-corrected chi connectivity index (χ1v) is 7.26. The molecule has 0 aromatic heterocycles. The summed E-state index contributed by atoms with van der Waals surface area (Å²) in [7, 11) is 0. The fourth-order valence-corrected chi connectivity index (χ4v) is 3.23. The molecule has 0 radical (unpaired) electrons. The van der Waals surface area contributed by atoms with Crippen LogP contribution < -0.4 is 4.74 Å². The highest BCUT2D eigenvalue weighted by Gasteiger charge is 2.20. The second kappa shape index (κ2) is 5.31. The van der Waals surface area contributed by atoms with E-state index < -0.39 is 0 Å². The quantitative estimate of drug-likeness (QED) is 0.882. The number of aliphatic hydroxyl groups is 1. The maximum absolute atomic E-state index is 9.77. The van der Waals surface area contributed by atoms with Gasteiger partial charge in [0.2, 0.25) is 0 Å². The van der Waals surface area contributed by atoms with E-state index in [9.17, 15) is 5.11 Å². The van der Waals surface area contributed by atoms with Crippen LogP contribution in [0.5, 0.6) is 5.75 Å². The first-order valence-electron chi connectivity index (χ1n) is 7.26. The highest BCUT2D eigenvalue weighted by atomic mass is 16.5. The van der Waals surface area contributed by atoms with Crippen LogP contribution in [0.1, 0.15) is 55.8 Å². The van der Waals surface area contributed by atoms with Gasteiger partial charge in [0.15, 0.2) is 0 Å². The van der Waals surface area contributed by atoms with Gasteiger partial charge in [0.25, 0.3) is 0 Å². The third-order valence-electron chi connectivity index (χ3n) is 4.37. The Kier molecular flexibility index (Phi) is 3.55. The summed E-state index contributed by atoms with van der Waals surface area (Å²) in [5.41, 5.74) is 2.36. The molecular formula is C16H22O2. The van der Waals surface area contributed by atoms with Crippen molar-refractivity contribution in [3.63, 3.8) is 0 Å². The monoisotopic (exact) mass is 246 g/mol. The molecule has 1 N–H and O–H groups in total. The zero-order valence-electron chi connectivity index (χ0n) is 10.9. The molecule has 1 saturated carbocycles. The lowest BCUT2D eigenvalue weighted by atomic mass is 9.90. The van der Waals surface area contributed by atoms with E-state index >= 15 is 0 Å². The van der Waals surface area contributed by atoms with E-state index in [-0.39, 0.29) is 6.10 Å². The van der Waals surface area contributed by atoms with Gasteiger partial charge in [-0.05, 0) is 54.9 Å². The third kappa shape index (κ3) is 2.54. The number of hydrogen-bond donors (Lipinski definition) is 1. The number of benzene rings is 1. The molecule has 1 atom stereocenters. The number of aryl methyl sites for hydroxylation is 1. The van der Waals surface area contributed by atoms with E-state index in [1.165, 1.54) is 37.7 Å². The van der Waals surface area contributed by atoms with Crippen LogP contribution in [0, 0.1) is 5.92 Å². The Balaban J connectivity index is 1.60. The van der Waals surface area contributed by atoms with Gasteiger partial charge in [0.1, 0.15) is 5.75 Å². The van der Waals surface area contributed by atoms with Crippen LogP contribution in [0.15, 0.2) is 18.2 Å². The molecule has 1 fully saturated rings. The number of rotatable bonds is 3. The molecule has 0 heterocycles. The van der Waals surface area contributed by atoms with Gasteiger partial charge in [-0.3, -0.25) is 0 Å². The van der Waals surface area contributed by atoms with E-state index in [0.29, 0.717) is 0 Å². The summed E-state index contributed by atoms with van der Waals surface area (Å²) in [5.74, 6) is 1.73. The summed E-state index contributed by atoms with van der Waals surface area (Å²) in [5, 5.41) is 9.77. The zero-order chi connectivity index (χ0) is 12.4. The molecular weight excluding hydrogens is 224 g/mol. The van der Waals surface area contributed by atoms with Crippen LogP contribution in [-0.2, 0) is 6.42 Å². The van der Waals surface area contributed by atoms with E-state index in [2.05, 4.69) is 6.07 Å². The minimum absolute atomic E-state index is 0.257. The number of fused-ring (bicyclic) bond motifs is 1. The fourth-order valence-electron chi connectivity index (χ4n) is 3.23. The van der Waals surface area contributed by atoms with Gasteiger partial charge < -0.3 is 9.84 Å². The fraction of sp³-hybridized carbons (Fsp3) is 0.625. The molecule has 1 aromatic rings. The average Bonchev–Trinajstić information content (AvgIpc) is 2.79. The summed E-state index contributed by atoms with van der Waals surface area (Å²) in [4.78, 5) is 0. The topological polar surface area (TPSA) is 29.5 Å². The van der Waals surface area contributed by atoms with Gasteiger partial charge >= 0.3 is 0 Å². The normalized spacial score (nSPS) is 23.9. The summed E-state index contributed by atoms with van der Waals surface area (Å²) < 4.78 is 5.92. The van der Waals surface area contributed by atoms with Crippen molar-refractivity contribution in [2.24, 2.45) is 5.92 Å². The third-order valence-corrected chi connectivity index (χ3v) is 4.37. The lowest BCUT2D eigenvalue weighted by molar-refractivity contribution is 0.180. The number of hydrogen-bond acceptors (Lipinski definition) is 2. The molecule has 0 aliphatic heterocycles. The van der Waals surface area contributed by atoms with Gasteiger partial charge in [0.05, 0.1) is 12.7 Å². The van der Waals surface area contributed by atoms with Crippen LogP contribution >= 0.6 is 0 Å². The number of ether oxygens (including phenoxy) is 1. The molecule has 2 aliphatic carbocycles. The molecule has 18 heavy (non-hydrogen) atoms. The highest BCUT2D eigenvalue weighted by Crippen LogP contribution is 2.33. The van der Waals surface area contributed by atoms with Crippen LogP contribution in [0.3, 0.4) is 0 Å². The van der Waals surface area contributed by atoms with Crippen LogP contribution in [0.25, 0.3) is 0 Å². The second-order valence-corrected chi connectivity index (χ2v) is 5.73. The standard InChI is InChI=1S/C16H22O2/c17-16-9-6-13-10-14(7-8-15(13)16)18-11-12-4-2-1-3-5-12/h7-8,10,12,16-17H,1-6,9,11H2/t16-/m0/s1. The van der Waals surface area contributed by atoms with E-state index in [4.69, 9.17) is 4.74 Å². The summed E-state index contributed by atoms with van der Waals surface area (Å²) in [6, 6.07) is 6.16. The van der Waals surface area contributed by atoms with Gasteiger partial charge in [-0.25, -0.2) is 0 Å². The molecule has 3 rings (SSSR count). The van der Waals surface area contributed by atoms with Crippen molar-refractivity contribution in [3.05, 3.63) is 29.3 Å². The maximum Gasteiger partial charge on any atom is 0.119 e. The molecule has 0 unspecified atom stereocenters. The van der Waals surface area contributed by atoms with Gasteiger partial charge in [-0.15, -0.1) is 0 Å². The Morgan fingerprint density at radius 2 is 1.94 bits per heavy atom. The first kappa shape index (κ1) is 12.0. The van der Waals surface area contributed by atoms with Gasteiger partial charge in [-0.2, -0.15) is 0 Å². The molecule has 0 bridgehead atoms. The van der Waals surface area contributed by atoms with Crippen molar-refractivity contribution in [2.45, 2.75) is 51.0 Å². The predicted octanol–water partition coefficient (Wildman–Crippen LogP) is 3.63. The Morgan fingerprint density at radius 1 is 1.11 bits per heavy atom. The predicted molar refractivity (Wildman–Crippen MR) is 71.8 cm³/mol. The van der Waals surface area contributed by atoms with Crippen LogP contribution in [-0.4, -0.2) is 11.7 Å². The van der Waals surface area contributed by atoms with Crippen molar-refractivity contribution in [1.82, 2.24) is 0 Å². The zero-order valence-corrected chi connectivity index (χ0v) is 10.9. The summed E-state index contributed by atoms with van der Waals surface area (Å²) in [6.45, 7) is 0.862. The molecule has 98 valence electrons. The lowest BCUT2D eigenvalue weighted by Gasteiger charge is -2.21. The Bertz CT molecular complexity index is 408. The summed E-state index contributed by atoms with van der Waals surface area (Å²) in [6.07, 6.45) is 8.36. The molecule has 0 saturated heterocycles. The first-order chi connectivity index (χ1) is 8.83. The second-order valence-electron chi connectivity index (χ2n) is 5.73. The van der Waals surface area contributed by atoms with E-state index in [1.54, 1.807) is 0 Å². The molecule has 0 amide bonds. The van der Waals surface area contributed by atoms with Crippen molar-refractivity contribution < 1.29 is 9.84 Å². The molecule has 2 aliphatic rings. The van der Waals surface area contributed by atoms with Crippen molar-refractivity contribution >= 4 is 0 Å². The Morgan fingerprint density at radius 3 is 2.78 bits per heavy atom. The van der Waals surface area contributed by atoms with Crippen LogP contribution in [0.2, 0.25) is 0 Å². The molecule has 2 heteroatoms. The largest absolute Gasteiger partial charge is 0.493 e. The van der Waals surface area contributed by atoms with Crippen LogP contribution in [0.4, 0.5) is 0 Å². The van der Waals surface area contributed by atoms with Gasteiger partial charge in [-0.1, -0.05) is 25.3 Å². The minimum Gasteiger partial charge on any atom is -0.493 e. The minimum atomic E-state index is -0.257. The van der Waals surface area contributed by atoms with E-state index in [0.717, 1.165) is 36.7 Å². The molecule has 2 nitrogen and oxygen atoms in total. The van der Waals surface area contributed by atoms with E-state index in [1.807, 2.05) is 12.1 Å². The van der Waals surface area contributed by atoms with Gasteiger partial charge in [0, 0.05) is 0 Å². The summed E-state index contributed by atoms with van der Waals surface area (Å²) >= 11 is 0. The van der Waals surface area contributed by atoms with Crippen molar-refractivity contribution in [2.75, 3.05) is 6.61 Å². The molecule has 1 aromatic carbocycles. The van der Waals surface area contributed by atoms with Crippen molar-refractivity contribution in [3.8, 4) is 5.75 Å². The average molecular weight is 246 g/mol. The smallest absolute Gasteiger partial charge is 0.119 e. The Labute approximate surface area is 109 Å². The SMILES string of the molecule is O[C@H]1CCc2cc(OCC3CCCCC3)ccc21. The lowest BCUT2D eigenvalue weighted by Crippen LogP contribution is -2.15. The van der Waals surface area contributed by atoms with Crippen molar-refractivity contribution in [1.29, 1.82) is 0 Å². The molecule has 0 spiro atoms.